The van der Waals surface area contributed by atoms with Gasteiger partial charge in [0, 0.05) is 13.0 Å². The Balaban J connectivity index is 2.48. The molecule has 1 unspecified atom stereocenters. The van der Waals surface area contributed by atoms with Crippen LogP contribution in [0.5, 0.6) is 0 Å². The van der Waals surface area contributed by atoms with Gasteiger partial charge in [-0.15, -0.1) is 0 Å². The van der Waals surface area contributed by atoms with E-state index < -0.39 is 12.0 Å². The number of nitrogens with two attached hydrogens (primary N) is 1. The number of hydrogen-bond donors (Lipinski definition) is 3. The largest absolute Gasteiger partial charge is 0.481 e. The Labute approximate surface area is 112 Å². The molecule has 5 heteroatoms. The van der Waals surface area contributed by atoms with Gasteiger partial charge in [-0.1, -0.05) is 43.7 Å². The Morgan fingerprint density at radius 3 is 2.47 bits per heavy atom. The maximum Gasteiger partial charge on any atom is 0.303 e. The lowest BCUT2D eigenvalue weighted by atomic mass is 10.0. The standard InChI is InChI=1S/C14H20N2O3/c1-2-10(8-12(17)18)9-16-14(19)13(15)11-6-4-3-5-7-11/h3-7,10,13H,2,8-9,15H2,1H3,(H,16,19)(H,17,18)/t10?,13-/m0/s1. The van der Waals surface area contributed by atoms with Crippen LogP contribution in [0.25, 0.3) is 0 Å². The van der Waals surface area contributed by atoms with Crippen molar-refractivity contribution in [3.05, 3.63) is 35.9 Å². The quantitative estimate of drug-likeness (QED) is 0.692. The number of rotatable bonds is 7. The predicted octanol–water partition coefficient (Wildman–Crippen LogP) is 1.30. The highest BCUT2D eigenvalue weighted by Crippen LogP contribution is 2.11. The van der Waals surface area contributed by atoms with Gasteiger partial charge in [0.2, 0.25) is 5.91 Å². The fourth-order valence-corrected chi connectivity index (χ4v) is 1.77. The van der Waals surface area contributed by atoms with Crippen molar-refractivity contribution in [3.8, 4) is 0 Å². The number of hydrogen-bond acceptors (Lipinski definition) is 3. The second-order valence-electron chi connectivity index (χ2n) is 4.51. The highest BCUT2D eigenvalue weighted by Gasteiger charge is 2.17. The number of carbonyl (C=O) groups excluding carboxylic acids is 1. The molecule has 19 heavy (non-hydrogen) atoms. The summed E-state index contributed by atoms with van der Waals surface area (Å²) in [5.74, 6) is -1.20. The van der Waals surface area contributed by atoms with Crippen LogP contribution in [-0.2, 0) is 9.59 Å². The molecule has 0 saturated heterocycles. The molecule has 0 aliphatic carbocycles. The molecule has 0 radical (unpaired) electrons. The second-order valence-corrected chi connectivity index (χ2v) is 4.51. The maximum atomic E-state index is 11.9. The summed E-state index contributed by atoms with van der Waals surface area (Å²) in [5, 5.41) is 11.4. The summed E-state index contributed by atoms with van der Waals surface area (Å²) in [6.45, 7) is 2.24. The third-order valence-electron chi connectivity index (χ3n) is 3.05. The number of nitrogens with one attached hydrogen (secondary N) is 1. The van der Waals surface area contributed by atoms with E-state index in [0.717, 1.165) is 5.56 Å². The van der Waals surface area contributed by atoms with E-state index in [1.807, 2.05) is 25.1 Å². The average Bonchev–Trinajstić information content (AvgIpc) is 2.42. The van der Waals surface area contributed by atoms with Gasteiger partial charge >= 0.3 is 5.97 Å². The van der Waals surface area contributed by atoms with Crippen molar-refractivity contribution in [3.63, 3.8) is 0 Å². The van der Waals surface area contributed by atoms with Crippen LogP contribution in [0.2, 0.25) is 0 Å². The minimum absolute atomic E-state index is 0.0529. The number of benzene rings is 1. The van der Waals surface area contributed by atoms with E-state index in [-0.39, 0.29) is 18.2 Å². The summed E-state index contributed by atoms with van der Waals surface area (Å²) in [4.78, 5) is 22.5. The van der Waals surface area contributed by atoms with Gasteiger partial charge in [-0.25, -0.2) is 0 Å². The molecule has 1 aromatic rings. The zero-order valence-electron chi connectivity index (χ0n) is 11.0. The van der Waals surface area contributed by atoms with Crippen molar-refractivity contribution in [2.45, 2.75) is 25.8 Å². The van der Waals surface area contributed by atoms with E-state index >= 15 is 0 Å². The minimum atomic E-state index is -0.853. The van der Waals surface area contributed by atoms with Crippen LogP contribution in [0.15, 0.2) is 30.3 Å². The molecule has 5 nitrogen and oxygen atoms in total. The molecular formula is C14H20N2O3. The van der Waals surface area contributed by atoms with E-state index in [9.17, 15) is 9.59 Å². The highest BCUT2D eigenvalue weighted by molar-refractivity contribution is 5.82. The van der Waals surface area contributed by atoms with Crippen LogP contribution in [0, 0.1) is 5.92 Å². The van der Waals surface area contributed by atoms with Crippen LogP contribution in [0.1, 0.15) is 31.4 Å². The summed E-state index contributed by atoms with van der Waals surface area (Å²) in [5.41, 5.74) is 6.58. The van der Waals surface area contributed by atoms with Gasteiger partial charge in [0.05, 0.1) is 0 Å². The van der Waals surface area contributed by atoms with E-state index in [1.54, 1.807) is 12.1 Å². The lowest BCUT2D eigenvalue weighted by molar-refractivity contribution is -0.138. The first kappa shape index (κ1) is 15.2. The van der Waals surface area contributed by atoms with Gasteiger partial charge in [-0.3, -0.25) is 9.59 Å². The van der Waals surface area contributed by atoms with Crippen molar-refractivity contribution in [2.24, 2.45) is 11.7 Å². The van der Waals surface area contributed by atoms with Crippen LogP contribution < -0.4 is 11.1 Å². The van der Waals surface area contributed by atoms with Crippen LogP contribution in [-0.4, -0.2) is 23.5 Å². The molecule has 0 spiro atoms. The Kier molecular flexibility index (Phi) is 6.02. The van der Waals surface area contributed by atoms with E-state index in [4.69, 9.17) is 10.8 Å². The van der Waals surface area contributed by atoms with Crippen molar-refractivity contribution in [1.29, 1.82) is 0 Å². The molecule has 1 rings (SSSR count). The topological polar surface area (TPSA) is 92.4 Å². The molecule has 0 fully saturated rings. The Bertz CT molecular complexity index is 420. The van der Waals surface area contributed by atoms with E-state index in [2.05, 4.69) is 5.32 Å². The number of aliphatic carboxylic acids is 1. The van der Waals surface area contributed by atoms with Crippen molar-refractivity contribution in [1.82, 2.24) is 5.32 Å². The summed E-state index contributed by atoms with van der Waals surface area (Å²) in [6, 6.07) is 8.36. The molecule has 4 N–H and O–H groups in total. The minimum Gasteiger partial charge on any atom is -0.481 e. The maximum absolute atomic E-state index is 11.9. The van der Waals surface area contributed by atoms with Gasteiger partial charge in [0.1, 0.15) is 6.04 Å². The van der Waals surface area contributed by atoms with Gasteiger partial charge in [0.25, 0.3) is 0 Å². The first-order valence-corrected chi connectivity index (χ1v) is 6.34. The van der Waals surface area contributed by atoms with Crippen molar-refractivity contribution >= 4 is 11.9 Å². The van der Waals surface area contributed by atoms with Crippen molar-refractivity contribution < 1.29 is 14.7 Å². The summed E-state index contributed by atoms with van der Waals surface area (Å²) < 4.78 is 0. The monoisotopic (exact) mass is 264 g/mol. The molecule has 0 aliphatic rings. The lowest BCUT2D eigenvalue weighted by Crippen LogP contribution is -2.37. The Hall–Kier alpha value is -1.88. The fourth-order valence-electron chi connectivity index (χ4n) is 1.77. The molecule has 2 atom stereocenters. The van der Waals surface area contributed by atoms with Crippen LogP contribution in [0.4, 0.5) is 0 Å². The third kappa shape index (κ3) is 5.09. The number of amides is 1. The normalized spacial score (nSPS) is 13.6. The fraction of sp³-hybridized carbons (Fsp3) is 0.429. The van der Waals surface area contributed by atoms with Crippen LogP contribution >= 0.6 is 0 Å². The number of carbonyl (C=O) groups is 2. The highest BCUT2D eigenvalue weighted by atomic mass is 16.4. The SMILES string of the molecule is CCC(CNC(=O)[C@@H](N)c1ccccc1)CC(=O)O. The van der Waals surface area contributed by atoms with E-state index in [0.29, 0.717) is 13.0 Å². The molecule has 0 aromatic heterocycles. The molecule has 1 aromatic carbocycles. The first-order valence-electron chi connectivity index (χ1n) is 6.34. The average molecular weight is 264 g/mol. The summed E-state index contributed by atoms with van der Waals surface area (Å²) in [7, 11) is 0. The molecule has 0 aliphatic heterocycles. The second kappa shape index (κ2) is 7.53. The summed E-state index contributed by atoms with van der Waals surface area (Å²) >= 11 is 0. The van der Waals surface area contributed by atoms with Crippen molar-refractivity contribution in [2.75, 3.05) is 6.54 Å². The van der Waals surface area contributed by atoms with Crippen LogP contribution in [0.3, 0.4) is 0 Å². The zero-order chi connectivity index (χ0) is 14.3. The number of carboxylic acid groups (broad SMARTS) is 1. The lowest BCUT2D eigenvalue weighted by Gasteiger charge is -2.16. The van der Waals surface area contributed by atoms with Gasteiger partial charge in [-0.05, 0) is 11.5 Å². The molecule has 0 bridgehead atoms. The number of carboxylic acids is 1. The van der Waals surface area contributed by atoms with Gasteiger partial charge < -0.3 is 16.2 Å². The molecule has 0 saturated carbocycles. The Morgan fingerprint density at radius 2 is 1.95 bits per heavy atom. The van der Waals surface area contributed by atoms with Gasteiger partial charge in [0.15, 0.2) is 0 Å². The molecule has 0 heterocycles. The molecule has 1 amide bonds. The zero-order valence-corrected chi connectivity index (χ0v) is 11.0. The third-order valence-corrected chi connectivity index (χ3v) is 3.05. The smallest absolute Gasteiger partial charge is 0.303 e. The molecule has 104 valence electrons. The Morgan fingerprint density at radius 1 is 1.32 bits per heavy atom. The predicted molar refractivity (Wildman–Crippen MR) is 72.4 cm³/mol. The molecular weight excluding hydrogens is 244 g/mol. The first-order chi connectivity index (χ1) is 9.04. The van der Waals surface area contributed by atoms with E-state index in [1.165, 1.54) is 0 Å². The summed E-state index contributed by atoms with van der Waals surface area (Å²) in [6.07, 6.45) is 0.754. The van der Waals surface area contributed by atoms with Gasteiger partial charge in [-0.2, -0.15) is 0 Å².